The Morgan fingerprint density at radius 2 is 2.04 bits per heavy atom. The zero-order valence-corrected chi connectivity index (χ0v) is 14.3. The van der Waals surface area contributed by atoms with Gasteiger partial charge in [-0.3, -0.25) is 9.78 Å². The van der Waals surface area contributed by atoms with Crippen molar-refractivity contribution in [1.29, 1.82) is 0 Å². The quantitative estimate of drug-likeness (QED) is 0.584. The van der Waals surface area contributed by atoms with Gasteiger partial charge in [-0.25, -0.2) is 9.67 Å². The van der Waals surface area contributed by atoms with E-state index in [0.717, 1.165) is 22.1 Å². The third-order valence-corrected chi connectivity index (χ3v) is 4.46. The summed E-state index contributed by atoms with van der Waals surface area (Å²) < 4.78 is 1.54. The van der Waals surface area contributed by atoms with Crippen LogP contribution in [-0.4, -0.2) is 36.1 Å². The molecule has 0 bridgehead atoms. The smallest absolute Gasteiger partial charge is 0.230 e. The summed E-state index contributed by atoms with van der Waals surface area (Å²) in [6.45, 7) is 0. The fourth-order valence-corrected chi connectivity index (χ4v) is 3.14. The lowest BCUT2D eigenvalue weighted by Gasteiger charge is -2.05. The number of thiazole rings is 1. The van der Waals surface area contributed by atoms with Crippen LogP contribution in [0.25, 0.3) is 16.4 Å². The van der Waals surface area contributed by atoms with Gasteiger partial charge in [-0.15, -0.1) is 16.4 Å². The second kappa shape index (κ2) is 7.19. The molecule has 128 valence electrons. The van der Waals surface area contributed by atoms with Gasteiger partial charge in [0.05, 0.1) is 23.5 Å². The van der Waals surface area contributed by atoms with E-state index in [1.54, 1.807) is 23.0 Å². The number of amides is 1. The third kappa shape index (κ3) is 3.62. The highest BCUT2D eigenvalue weighted by Crippen LogP contribution is 2.21. The number of anilines is 1. The first-order chi connectivity index (χ1) is 12.8. The fourth-order valence-electron chi connectivity index (χ4n) is 2.34. The van der Waals surface area contributed by atoms with Gasteiger partial charge < -0.3 is 5.32 Å². The van der Waals surface area contributed by atoms with E-state index in [4.69, 9.17) is 0 Å². The van der Waals surface area contributed by atoms with Crippen molar-refractivity contribution in [3.8, 4) is 16.4 Å². The van der Waals surface area contributed by atoms with E-state index < -0.39 is 0 Å². The number of aromatic nitrogens is 6. The molecule has 4 rings (SSSR count). The number of benzene rings is 1. The highest BCUT2D eigenvalue weighted by Gasteiger charge is 2.10. The molecule has 0 aliphatic carbocycles. The number of hydrogen-bond acceptors (Lipinski definition) is 7. The van der Waals surface area contributed by atoms with Crippen LogP contribution in [-0.2, 0) is 11.2 Å². The molecule has 3 aromatic heterocycles. The first-order valence-corrected chi connectivity index (χ1v) is 8.65. The highest BCUT2D eigenvalue weighted by atomic mass is 32.1. The van der Waals surface area contributed by atoms with E-state index in [9.17, 15) is 4.79 Å². The summed E-state index contributed by atoms with van der Waals surface area (Å²) in [4.78, 5) is 21.0. The van der Waals surface area contributed by atoms with Crippen LogP contribution >= 0.6 is 11.3 Å². The predicted molar refractivity (Wildman–Crippen MR) is 96.8 cm³/mol. The molecule has 1 N–H and O–H groups in total. The van der Waals surface area contributed by atoms with Crippen molar-refractivity contribution in [2.45, 2.75) is 6.42 Å². The van der Waals surface area contributed by atoms with Gasteiger partial charge in [0.25, 0.3) is 0 Å². The van der Waals surface area contributed by atoms with Crippen LogP contribution in [0.5, 0.6) is 0 Å². The molecular weight excluding hydrogens is 350 g/mol. The summed E-state index contributed by atoms with van der Waals surface area (Å²) in [7, 11) is 0. The molecule has 26 heavy (non-hydrogen) atoms. The van der Waals surface area contributed by atoms with Crippen LogP contribution in [0.3, 0.4) is 0 Å². The average molecular weight is 363 g/mol. The average Bonchev–Trinajstić information content (AvgIpc) is 3.35. The van der Waals surface area contributed by atoms with E-state index in [2.05, 4.69) is 30.8 Å². The summed E-state index contributed by atoms with van der Waals surface area (Å²) in [5.74, 6) is -0.127. The van der Waals surface area contributed by atoms with Crippen molar-refractivity contribution in [3.63, 3.8) is 0 Å². The Morgan fingerprint density at radius 1 is 1.15 bits per heavy atom. The van der Waals surface area contributed by atoms with Gasteiger partial charge in [0, 0.05) is 17.3 Å². The lowest BCUT2D eigenvalue weighted by molar-refractivity contribution is -0.115. The number of carbonyl (C=O) groups is 1. The van der Waals surface area contributed by atoms with Gasteiger partial charge in [0.2, 0.25) is 5.91 Å². The van der Waals surface area contributed by atoms with Crippen molar-refractivity contribution in [2.75, 3.05) is 5.32 Å². The monoisotopic (exact) mass is 363 g/mol. The Hall–Kier alpha value is -3.46. The van der Waals surface area contributed by atoms with E-state index in [1.807, 2.05) is 35.7 Å². The minimum Gasteiger partial charge on any atom is -0.326 e. The molecule has 0 saturated heterocycles. The molecule has 0 spiro atoms. The molecule has 8 nitrogen and oxygen atoms in total. The number of hydrogen-bond donors (Lipinski definition) is 1. The molecule has 1 aromatic carbocycles. The van der Waals surface area contributed by atoms with Crippen LogP contribution in [0.4, 0.5) is 5.69 Å². The number of carbonyl (C=O) groups excluding carboxylic acids is 1. The maximum atomic E-state index is 12.2. The number of nitrogens with one attached hydrogen (secondary N) is 1. The number of pyridine rings is 1. The molecule has 9 heteroatoms. The van der Waals surface area contributed by atoms with Crippen LogP contribution in [0, 0.1) is 0 Å². The SMILES string of the molecule is O=C(Cc1csc(-c2ccccn2)n1)Nc1ccc(-n2cnnn2)cc1. The Kier molecular flexibility index (Phi) is 4.44. The summed E-state index contributed by atoms with van der Waals surface area (Å²) in [6.07, 6.45) is 3.44. The largest absolute Gasteiger partial charge is 0.326 e. The first kappa shape index (κ1) is 16.0. The van der Waals surface area contributed by atoms with Crippen LogP contribution in [0.1, 0.15) is 5.69 Å². The molecule has 3 heterocycles. The Balaban J connectivity index is 1.39. The Bertz CT molecular complexity index is 997. The van der Waals surface area contributed by atoms with Crippen molar-refractivity contribution in [2.24, 2.45) is 0 Å². The molecule has 4 aromatic rings. The molecule has 0 radical (unpaired) electrons. The summed E-state index contributed by atoms with van der Waals surface area (Å²) in [6, 6.07) is 12.9. The van der Waals surface area contributed by atoms with Gasteiger partial charge in [-0.1, -0.05) is 6.07 Å². The highest BCUT2D eigenvalue weighted by molar-refractivity contribution is 7.13. The van der Waals surface area contributed by atoms with Crippen molar-refractivity contribution in [1.82, 2.24) is 30.2 Å². The van der Waals surface area contributed by atoms with Crippen molar-refractivity contribution >= 4 is 22.9 Å². The van der Waals surface area contributed by atoms with Gasteiger partial charge in [0.1, 0.15) is 11.3 Å². The van der Waals surface area contributed by atoms with Gasteiger partial charge >= 0.3 is 0 Å². The molecule has 0 aliphatic rings. The minimum atomic E-state index is -0.127. The molecule has 0 aliphatic heterocycles. The second-order valence-electron chi connectivity index (χ2n) is 5.39. The first-order valence-electron chi connectivity index (χ1n) is 7.77. The lowest BCUT2D eigenvalue weighted by Crippen LogP contribution is -2.14. The Morgan fingerprint density at radius 3 is 2.77 bits per heavy atom. The summed E-state index contributed by atoms with van der Waals surface area (Å²) in [5, 5.41) is 16.5. The topological polar surface area (TPSA) is 98.5 Å². The molecular formula is C17H13N7OS. The zero-order chi connectivity index (χ0) is 17.8. The number of nitrogens with zero attached hydrogens (tertiary/aromatic N) is 6. The minimum absolute atomic E-state index is 0.127. The van der Waals surface area contributed by atoms with Gasteiger partial charge in [-0.05, 0) is 46.8 Å². The van der Waals surface area contributed by atoms with Crippen LogP contribution in [0.2, 0.25) is 0 Å². The zero-order valence-electron chi connectivity index (χ0n) is 13.5. The van der Waals surface area contributed by atoms with Gasteiger partial charge in [-0.2, -0.15) is 0 Å². The van der Waals surface area contributed by atoms with Crippen molar-refractivity contribution < 1.29 is 4.79 Å². The van der Waals surface area contributed by atoms with Crippen LogP contribution < -0.4 is 5.32 Å². The maximum Gasteiger partial charge on any atom is 0.230 e. The summed E-state index contributed by atoms with van der Waals surface area (Å²) >= 11 is 1.48. The fraction of sp³-hybridized carbons (Fsp3) is 0.0588. The standard InChI is InChI=1S/C17H13N7OS/c25-16(9-13-10-26-17(21-13)15-3-1-2-8-18-15)20-12-4-6-14(7-5-12)24-11-19-22-23-24/h1-8,10-11H,9H2,(H,20,25). The predicted octanol–water partition coefficient (Wildman–Crippen LogP) is 2.36. The normalized spacial score (nSPS) is 10.6. The molecule has 0 unspecified atom stereocenters. The summed E-state index contributed by atoms with van der Waals surface area (Å²) in [5.41, 5.74) is 3.04. The Labute approximate surface area is 152 Å². The van der Waals surface area contributed by atoms with E-state index in [0.29, 0.717) is 5.69 Å². The molecule has 0 fully saturated rings. The molecule has 0 saturated carbocycles. The third-order valence-electron chi connectivity index (χ3n) is 3.54. The van der Waals surface area contributed by atoms with Gasteiger partial charge in [0.15, 0.2) is 0 Å². The van der Waals surface area contributed by atoms with Crippen LogP contribution in [0.15, 0.2) is 60.4 Å². The van der Waals surface area contributed by atoms with E-state index >= 15 is 0 Å². The molecule has 0 atom stereocenters. The van der Waals surface area contributed by atoms with Crippen molar-refractivity contribution in [3.05, 3.63) is 66.1 Å². The second-order valence-corrected chi connectivity index (χ2v) is 6.24. The lowest BCUT2D eigenvalue weighted by atomic mass is 10.2. The maximum absolute atomic E-state index is 12.2. The van der Waals surface area contributed by atoms with E-state index in [1.165, 1.54) is 17.7 Å². The molecule has 1 amide bonds. The number of tetrazole rings is 1. The number of rotatable bonds is 5. The van der Waals surface area contributed by atoms with E-state index in [-0.39, 0.29) is 12.3 Å².